The zero-order valence-electron chi connectivity index (χ0n) is 16.8. The van der Waals surface area contributed by atoms with Crippen LogP contribution in [0.1, 0.15) is 17.5 Å². The van der Waals surface area contributed by atoms with Crippen molar-refractivity contribution in [1.82, 2.24) is 15.5 Å². The van der Waals surface area contributed by atoms with E-state index in [1.54, 1.807) is 12.1 Å². The first kappa shape index (κ1) is 20.9. The van der Waals surface area contributed by atoms with Gasteiger partial charge in [0.05, 0.1) is 11.5 Å². The Hall–Kier alpha value is -4.37. The molecule has 0 aliphatic rings. The van der Waals surface area contributed by atoms with Crippen molar-refractivity contribution in [3.05, 3.63) is 106 Å². The second-order valence-electron chi connectivity index (χ2n) is 6.90. The zero-order valence-corrected chi connectivity index (χ0v) is 16.8. The first-order valence-corrected chi connectivity index (χ1v) is 9.82. The number of nitrogens with zero attached hydrogens (tertiary/aromatic N) is 3. The summed E-state index contributed by atoms with van der Waals surface area (Å²) in [6.07, 6.45) is 0. The molecule has 32 heavy (non-hydrogen) atoms. The number of anilines is 1. The van der Waals surface area contributed by atoms with Gasteiger partial charge < -0.3 is 9.84 Å². The molecule has 3 aromatic carbocycles. The van der Waals surface area contributed by atoms with E-state index in [1.165, 1.54) is 12.1 Å². The minimum absolute atomic E-state index is 0.0192. The van der Waals surface area contributed by atoms with Gasteiger partial charge in [-0.25, -0.2) is 0 Å². The molecule has 4 rings (SSSR count). The van der Waals surface area contributed by atoms with Crippen molar-refractivity contribution in [2.45, 2.75) is 12.6 Å². The molecule has 4 aromatic rings. The lowest BCUT2D eigenvalue weighted by Crippen LogP contribution is -2.32. The summed E-state index contributed by atoms with van der Waals surface area (Å²) in [5.41, 5.74) is 2.05. The standard InChI is InChI=1S/C23H19N5O4/c29-23(25-18-9-5-2-6-10-18)21(16-7-3-1-4-8-16)24-15-20-26-22(27-32-20)17-11-13-19(14-12-17)28(30)31/h1-14,21,24H,15H2,(H,25,29). The number of hydrogen-bond acceptors (Lipinski definition) is 7. The van der Waals surface area contributed by atoms with E-state index in [0.717, 1.165) is 5.56 Å². The molecule has 0 spiro atoms. The highest BCUT2D eigenvalue weighted by molar-refractivity contribution is 5.95. The van der Waals surface area contributed by atoms with Crippen molar-refractivity contribution < 1.29 is 14.2 Å². The fraction of sp³-hybridized carbons (Fsp3) is 0.0870. The second-order valence-corrected chi connectivity index (χ2v) is 6.90. The van der Waals surface area contributed by atoms with Crippen LogP contribution in [0.3, 0.4) is 0 Å². The Labute approximate surface area is 183 Å². The lowest BCUT2D eigenvalue weighted by Gasteiger charge is -2.18. The molecule has 1 unspecified atom stereocenters. The third-order valence-corrected chi connectivity index (χ3v) is 4.70. The molecule has 2 N–H and O–H groups in total. The smallest absolute Gasteiger partial charge is 0.269 e. The molecule has 0 fully saturated rings. The van der Waals surface area contributed by atoms with Crippen molar-refractivity contribution in [2.24, 2.45) is 0 Å². The molecule has 1 atom stereocenters. The van der Waals surface area contributed by atoms with E-state index in [0.29, 0.717) is 17.1 Å². The Balaban J connectivity index is 1.47. The largest absolute Gasteiger partial charge is 0.338 e. The number of non-ortho nitro benzene ring substituents is 1. The van der Waals surface area contributed by atoms with Crippen LogP contribution in [0.2, 0.25) is 0 Å². The van der Waals surface area contributed by atoms with Gasteiger partial charge in [0.2, 0.25) is 17.6 Å². The number of nitro benzene ring substituents is 1. The Morgan fingerprint density at radius 2 is 1.62 bits per heavy atom. The van der Waals surface area contributed by atoms with Gasteiger partial charge in [-0.15, -0.1) is 0 Å². The van der Waals surface area contributed by atoms with Gasteiger partial charge >= 0.3 is 0 Å². The Kier molecular flexibility index (Phi) is 6.28. The number of aromatic nitrogens is 2. The van der Waals surface area contributed by atoms with Crippen molar-refractivity contribution in [3.63, 3.8) is 0 Å². The van der Waals surface area contributed by atoms with Crippen molar-refractivity contribution in [3.8, 4) is 11.4 Å². The number of nitrogens with one attached hydrogen (secondary N) is 2. The van der Waals surface area contributed by atoms with Crippen molar-refractivity contribution in [2.75, 3.05) is 5.32 Å². The topological polar surface area (TPSA) is 123 Å². The summed E-state index contributed by atoms with van der Waals surface area (Å²) in [7, 11) is 0. The average Bonchev–Trinajstić information content (AvgIpc) is 3.30. The van der Waals surface area contributed by atoms with Gasteiger partial charge in [0, 0.05) is 23.4 Å². The van der Waals surface area contributed by atoms with Crippen LogP contribution >= 0.6 is 0 Å². The Morgan fingerprint density at radius 3 is 2.28 bits per heavy atom. The Morgan fingerprint density at radius 1 is 0.969 bits per heavy atom. The molecule has 160 valence electrons. The van der Waals surface area contributed by atoms with Gasteiger partial charge in [-0.3, -0.25) is 20.2 Å². The molecule has 0 aliphatic carbocycles. The van der Waals surface area contributed by atoms with E-state index in [2.05, 4.69) is 20.8 Å². The summed E-state index contributed by atoms with van der Waals surface area (Å²) >= 11 is 0. The van der Waals surface area contributed by atoms with E-state index in [1.807, 2.05) is 60.7 Å². The first-order valence-electron chi connectivity index (χ1n) is 9.82. The summed E-state index contributed by atoms with van der Waals surface area (Å²) < 4.78 is 5.29. The fourth-order valence-corrected chi connectivity index (χ4v) is 3.11. The SMILES string of the molecule is O=C(Nc1ccccc1)C(NCc1nc(-c2ccc([N+](=O)[O-])cc2)no1)c1ccccc1. The van der Waals surface area contributed by atoms with E-state index < -0.39 is 11.0 Å². The normalized spacial score (nSPS) is 11.6. The van der Waals surface area contributed by atoms with Gasteiger partial charge in [0.15, 0.2) is 0 Å². The maximum atomic E-state index is 13.0. The molecule has 1 aromatic heterocycles. The number of para-hydroxylation sites is 1. The second kappa shape index (κ2) is 9.63. The van der Waals surface area contributed by atoms with E-state index in [-0.39, 0.29) is 24.0 Å². The van der Waals surface area contributed by atoms with Crippen molar-refractivity contribution >= 4 is 17.3 Å². The molecule has 0 aliphatic heterocycles. The number of hydrogen-bond donors (Lipinski definition) is 2. The van der Waals surface area contributed by atoms with E-state index >= 15 is 0 Å². The van der Waals surface area contributed by atoms with Crippen LogP contribution in [0.15, 0.2) is 89.5 Å². The van der Waals surface area contributed by atoms with Crippen LogP contribution in [-0.2, 0) is 11.3 Å². The highest BCUT2D eigenvalue weighted by Crippen LogP contribution is 2.21. The summed E-state index contributed by atoms with van der Waals surface area (Å²) in [6, 6.07) is 23.7. The summed E-state index contributed by atoms with van der Waals surface area (Å²) in [5.74, 6) is 0.367. The quantitative estimate of drug-likeness (QED) is 0.319. The molecule has 0 radical (unpaired) electrons. The van der Waals surface area contributed by atoms with Crippen molar-refractivity contribution in [1.29, 1.82) is 0 Å². The summed E-state index contributed by atoms with van der Waals surface area (Å²) in [4.78, 5) is 27.6. The molecule has 9 heteroatoms. The van der Waals surface area contributed by atoms with Gasteiger partial charge in [0.1, 0.15) is 6.04 Å². The van der Waals surface area contributed by atoms with Crippen LogP contribution < -0.4 is 10.6 Å². The molecule has 1 heterocycles. The Bertz CT molecular complexity index is 1190. The van der Waals surface area contributed by atoms with Crippen LogP contribution in [0, 0.1) is 10.1 Å². The van der Waals surface area contributed by atoms with Crippen LogP contribution in [0.25, 0.3) is 11.4 Å². The van der Waals surface area contributed by atoms with Crippen LogP contribution in [-0.4, -0.2) is 21.0 Å². The average molecular weight is 429 g/mol. The summed E-state index contributed by atoms with van der Waals surface area (Å²) in [6.45, 7) is 0.155. The molecular formula is C23H19N5O4. The number of rotatable bonds is 8. The molecule has 9 nitrogen and oxygen atoms in total. The molecule has 1 amide bonds. The predicted molar refractivity (Wildman–Crippen MR) is 117 cm³/mol. The number of amides is 1. The van der Waals surface area contributed by atoms with E-state index in [9.17, 15) is 14.9 Å². The van der Waals surface area contributed by atoms with Crippen LogP contribution in [0.4, 0.5) is 11.4 Å². The maximum Gasteiger partial charge on any atom is 0.269 e. The number of carbonyl (C=O) groups is 1. The highest BCUT2D eigenvalue weighted by atomic mass is 16.6. The number of carbonyl (C=O) groups excluding carboxylic acids is 1. The van der Waals surface area contributed by atoms with Gasteiger partial charge in [-0.2, -0.15) is 4.98 Å². The fourth-order valence-electron chi connectivity index (χ4n) is 3.11. The van der Waals surface area contributed by atoms with Gasteiger partial charge in [0.25, 0.3) is 5.69 Å². The zero-order chi connectivity index (χ0) is 22.3. The summed E-state index contributed by atoms with van der Waals surface area (Å²) in [5, 5.41) is 20.8. The van der Waals surface area contributed by atoms with E-state index in [4.69, 9.17) is 4.52 Å². The molecule has 0 bridgehead atoms. The van der Waals surface area contributed by atoms with Crippen LogP contribution in [0.5, 0.6) is 0 Å². The first-order chi connectivity index (χ1) is 15.6. The third-order valence-electron chi connectivity index (χ3n) is 4.70. The molecule has 0 saturated carbocycles. The van der Waals surface area contributed by atoms with Gasteiger partial charge in [-0.1, -0.05) is 53.7 Å². The predicted octanol–water partition coefficient (Wildman–Crippen LogP) is 4.11. The van der Waals surface area contributed by atoms with Gasteiger partial charge in [-0.05, 0) is 29.8 Å². The minimum atomic E-state index is -0.647. The molecular weight excluding hydrogens is 410 g/mol. The lowest BCUT2D eigenvalue weighted by atomic mass is 10.1. The number of nitro groups is 1. The lowest BCUT2D eigenvalue weighted by molar-refractivity contribution is -0.384. The molecule has 0 saturated heterocycles. The maximum absolute atomic E-state index is 13.0. The highest BCUT2D eigenvalue weighted by Gasteiger charge is 2.21. The number of benzene rings is 3. The minimum Gasteiger partial charge on any atom is -0.338 e. The third kappa shape index (κ3) is 5.02. The monoisotopic (exact) mass is 429 g/mol.